The van der Waals surface area contributed by atoms with Crippen LogP contribution < -0.4 is 14.8 Å². The van der Waals surface area contributed by atoms with Gasteiger partial charge in [-0.1, -0.05) is 32.8 Å². The zero-order chi connectivity index (χ0) is 22.0. The number of carbonyl (C=O) groups excluding carboxylic acids is 1. The van der Waals surface area contributed by atoms with Crippen molar-refractivity contribution in [2.24, 2.45) is 11.8 Å². The summed E-state index contributed by atoms with van der Waals surface area (Å²) in [7, 11) is 3.33. The molecule has 0 spiro atoms. The Labute approximate surface area is 185 Å². The molecule has 2 saturated carbocycles. The van der Waals surface area contributed by atoms with Crippen molar-refractivity contribution in [2.75, 3.05) is 14.2 Å². The first kappa shape index (κ1) is 21.7. The molecule has 1 amide bonds. The molecular weight excluding hydrogens is 390 g/mol. The van der Waals surface area contributed by atoms with Crippen molar-refractivity contribution >= 4 is 5.91 Å². The van der Waals surface area contributed by atoms with E-state index in [-0.39, 0.29) is 11.9 Å². The van der Waals surface area contributed by atoms with E-state index in [9.17, 15) is 4.79 Å². The van der Waals surface area contributed by atoms with Gasteiger partial charge in [-0.2, -0.15) is 0 Å². The zero-order valence-corrected chi connectivity index (χ0v) is 19.1. The summed E-state index contributed by atoms with van der Waals surface area (Å²) in [5, 5.41) is 3.40. The molecule has 0 radical (unpaired) electrons. The quantitative estimate of drug-likeness (QED) is 0.676. The minimum absolute atomic E-state index is 0.128. The van der Waals surface area contributed by atoms with Gasteiger partial charge in [-0.05, 0) is 42.4 Å². The Balaban J connectivity index is 1.46. The molecule has 4 rings (SSSR count). The lowest BCUT2D eigenvalue weighted by molar-refractivity contribution is -0.125. The van der Waals surface area contributed by atoms with Crippen LogP contribution in [0.3, 0.4) is 0 Å². The minimum atomic E-state index is 0.128. The number of rotatable bonds is 8. The highest BCUT2D eigenvalue weighted by molar-refractivity contribution is 5.76. The molecule has 2 aliphatic rings. The van der Waals surface area contributed by atoms with Crippen LogP contribution in [0.4, 0.5) is 0 Å². The zero-order valence-electron chi connectivity index (χ0n) is 19.1. The Hall–Kier alpha value is -2.50. The van der Waals surface area contributed by atoms with Crippen molar-refractivity contribution in [1.29, 1.82) is 0 Å². The van der Waals surface area contributed by atoms with E-state index < -0.39 is 0 Å². The van der Waals surface area contributed by atoms with E-state index in [1.165, 1.54) is 31.2 Å². The van der Waals surface area contributed by atoms with Crippen LogP contribution in [0.15, 0.2) is 30.6 Å². The van der Waals surface area contributed by atoms with E-state index >= 15 is 0 Å². The van der Waals surface area contributed by atoms with E-state index in [1.807, 2.05) is 18.5 Å². The van der Waals surface area contributed by atoms with Crippen LogP contribution in [0.5, 0.6) is 11.5 Å². The number of amides is 1. The average molecular weight is 426 g/mol. The van der Waals surface area contributed by atoms with Crippen molar-refractivity contribution < 1.29 is 14.3 Å². The van der Waals surface area contributed by atoms with Gasteiger partial charge in [0.05, 0.1) is 14.2 Å². The van der Waals surface area contributed by atoms with E-state index in [2.05, 4.69) is 40.8 Å². The normalized spacial score (nSPS) is 24.9. The third-order valence-electron chi connectivity index (χ3n) is 7.15. The van der Waals surface area contributed by atoms with Gasteiger partial charge in [-0.15, -0.1) is 0 Å². The molecule has 1 aromatic carbocycles. The molecule has 0 aliphatic heterocycles. The SMILES string of the molecule is COc1ccc([C@H]2[C@H]3CCCC[C@@H]3[C@@H]2NC(=O)CCn2ccnc2C(C)C)cc1OC. The molecule has 4 atom stereocenters. The fourth-order valence-electron chi connectivity index (χ4n) is 5.67. The Bertz CT molecular complexity index is 907. The van der Waals surface area contributed by atoms with Gasteiger partial charge in [-0.25, -0.2) is 4.98 Å². The summed E-state index contributed by atoms with van der Waals surface area (Å²) in [6, 6.07) is 6.41. The highest BCUT2D eigenvalue weighted by atomic mass is 16.5. The van der Waals surface area contributed by atoms with Gasteiger partial charge in [0.25, 0.3) is 0 Å². The summed E-state index contributed by atoms with van der Waals surface area (Å²) in [5.41, 5.74) is 1.24. The fraction of sp³-hybridized carbons (Fsp3) is 0.600. The monoisotopic (exact) mass is 425 g/mol. The molecule has 2 fully saturated rings. The summed E-state index contributed by atoms with van der Waals surface area (Å²) in [6.07, 6.45) is 9.25. The number of ether oxygens (including phenoxy) is 2. The fourth-order valence-corrected chi connectivity index (χ4v) is 5.67. The van der Waals surface area contributed by atoms with Crippen molar-refractivity contribution in [3.63, 3.8) is 0 Å². The number of nitrogens with one attached hydrogen (secondary N) is 1. The molecule has 31 heavy (non-hydrogen) atoms. The highest BCUT2D eigenvalue weighted by Gasteiger charge is 2.51. The average Bonchev–Trinajstić information content (AvgIpc) is 3.25. The first-order chi connectivity index (χ1) is 15.0. The van der Waals surface area contributed by atoms with Gasteiger partial charge in [0.2, 0.25) is 5.91 Å². The molecular formula is C25H35N3O3. The van der Waals surface area contributed by atoms with Gasteiger partial charge in [0.1, 0.15) is 5.82 Å². The first-order valence-electron chi connectivity index (χ1n) is 11.6. The number of imidazole rings is 1. The molecule has 168 valence electrons. The van der Waals surface area contributed by atoms with Crippen molar-refractivity contribution in [2.45, 2.75) is 70.4 Å². The van der Waals surface area contributed by atoms with Gasteiger partial charge in [0.15, 0.2) is 11.5 Å². The lowest BCUT2D eigenvalue weighted by Crippen LogP contribution is -2.59. The van der Waals surface area contributed by atoms with Crippen molar-refractivity contribution in [3.8, 4) is 11.5 Å². The molecule has 2 aromatic rings. The van der Waals surface area contributed by atoms with Crippen LogP contribution in [0.25, 0.3) is 0 Å². The topological polar surface area (TPSA) is 65.4 Å². The van der Waals surface area contributed by atoms with E-state index in [0.29, 0.717) is 36.6 Å². The number of aromatic nitrogens is 2. The van der Waals surface area contributed by atoms with Gasteiger partial charge >= 0.3 is 0 Å². The molecule has 1 N–H and O–H groups in total. The Morgan fingerprint density at radius 1 is 1.16 bits per heavy atom. The van der Waals surface area contributed by atoms with Crippen LogP contribution in [0.1, 0.15) is 69.2 Å². The first-order valence-corrected chi connectivity index (χ1v) is 11.6. The number of benzene rings is 1. The van der Waals surface area contributed by atoms with Crippen molar-refractivity contribution in [1.82, 2.24) is 14.9 Å². The lowest BCUT2D eigenvalue weighted by Gasteiger charge is -2.55. The summed E-state index contributed by atoms with van der Waals surface area (Å²) in [6.45, 7) is 4.93. The minimum Gasteiger partial charge on any atom is -0.493 e. The molecule has 0 bridgehead atoms. The van der Waals surface area contributed by atoms with Crippen LogP contribution in [0.2, 0.25) is 0 Å². The maximum absolute atomic E-state index is 12.9. The van der Waals surface area contributed by atoms with E-state index in [4.69, 9.17) is 9.47 Å². The maximum Gasteiger partial charge on any atom is 0.222 e. The third kappa shape index (κ3) is 4.30. The van der Waals surface area contributed by atoms with E-state index in [1.54, 1.807) is 14.2 Å². The highest BCUT2D eigenvalue weighted by Crippen LogP contribution is 2.55. The summed E-state index contributed by atoms with van der Waals surface area (Å²) >= 11 is 0. The van der Waals surface area contributed by atoms with Gasteiger partial charge < -0.3 is 19.4 Å². The summed E-state index contributed by atoms with van der Waals surface area (Å²) in [5.74, 6) is 4.57. The molecule has 1 aromatic heterocycles. The number of hydrogen-bond acceptors (Lipinski definition) is 4. The molecule has 0 unspecified atom stereocenters. The van der Waals surface area contributed by atoms with E-state index in [0.717, 1.165) is 17.3 Å². The van der Waals surface area contributed by atoms with Crippen LogP contribution in [0, 0.1) is 11.8 Å². The van der Waals surface area contributed by atoms with Gasteiger partial charge in [-0.3, -0.25) is 4.79 Å². The second kappa shape index (κ2) is 9.33. The summed E-state index contributed by atoms with van der Waals surface area (Å²) < 4.78 is 13.0. The molecule has 0 saturated heterocycles. The second-order valence-corrected chi connectivity index (χ2v) is 9.23. The predicted molar refractivity (Wildman–Crippen MR) is 121 cm³/mol. The molecule has 2 aliphatic carbocycles. The number of nitrogens with zero attached hydrogens (tertiary/aromatic N) is 2. The number of methoxy groups -OCH3 is 2. The number of hydrogen-bond donors (Lipinski definition) is 1. The Kier molecular flexibility index (Phi) is 6.54. The number of fused-ring (bicyclic) bond motifs is 1. The number of aryl methyl sites for hydroxylation is 1. The smallest absolute Gasteiger partial charge is 0.222 e. The Morgan fingerprint density at radius 2 is 1.90 bits per heavy atom. The standard InChI is InChI=1S/C25H35N3O3/c1-16(2)25-26-12-14-28(25)13-11-22(29)27-24-19-8-6-5-7-18(19)23(24)17-9-10-20(30-3)21(15-17)31-4/h9-10,12,14-16,18-19,23-24H,5-8,11,13H2,1-4H3,(H,27,29)/t18-,19-,23-,24-/m0/s1. The van der Waals surface area contributed by atoms with Crippen LogP contribution in [-0.2, 0) is 11.3 Å². The van der Waals surface area contributed by atoms with Gasteiger partial charge in [0, 0.05) is 43.2 Å². The second-order valence-electron chi connectivity index (χ2n) is 9.23. The predicted octanol–water partition coefficient (Wildman–Crippen LogP) is 4.50. The summed E-state index contributed by atoms with van der Waals surface area (Å²) in [4.78, 5) is 17.3. The largest absolute Gasteiger partial charge is 0.493 e. The van der Waals surface area contributed by atoms with Crippen LogP contribution in [-0.4, -0.2) is 35.7 Å². The third-order valence-corrected chi connectivity index (χ3v) is 7.15. The molecule has 1 heterocycles. The van der Waals surface area contributed by atoms with Crippen LogP contribution >= 0.6 is 0 Å². The lowest BCUT2D eigenvalue weighted by atomic mass is 9.53. The molecule has 6 nitrogen and oxygen atoms in total. The molecule has 6 heteroatoms. The Morgan fingerprint density at radius 3 is 2.61 bits per heavy atom. The van der Waals surface area contributed by atoms with Crippen molar-refractivity contribution in [3.05, 3.63) is 42.0 Å². The number of carbonyl (C=O) groups is 1. The maximum atomic E-state index is 12.9.